The first kappa shape index (κ1) is 25.3. The van der Waals surface area contributed by atoms with Crippen molar-refractivity contribution in [2.75, 3.05) is 26.4 Å². The topological polar surface area (TPSA) is 62.7 Å². The van der Waals surface area contributed by atoms with Gasteiger partial charge < -0.3 is 18.9 Å². The molecule has 0 amide bonds. The number of nitrogens with zero attached hydrogens (tertiary/aromatic N) is 2. The normalized spacial score (nSPS) is 10.7. The summed E-state index contributed by atoms with van der Waals surface area (Å²) in [4.78, 5) is 8.43. The van der Waals surface area contributed by atoms with Crippen molar-refractivity contribution in [3.63, 3.8) is 0 Å². The minimum Gasteiger partial charge on any atom is -0.489 e. The van der Waals surface area contributed by atoms with Crippen molar-refractivity contribution >= 4 is 0 Å². The van der Waals surface area contributed by atoms with Crippen LogP contribution < -0.4 is 18.9 Å². The Morgan fingerprint density at radius 1 is 0.471 bits per heavy atom. The highest BCUT2D eigenvalue weighted by molar-refractivity contribution is 5.93. The molecule has 0 aliphatic rings. The van der Waals surface area contributed by atoms with Crippen LogP contribution in [0.4, 0.5) is 0 Å². The first-order valence-electron chi connectivity index (χ1n) is 12.3. The summed E-state index contributed by atoms with van der Waals surface area (Å²) in [6, 6.07) is 7.86. The van der Waals surface area contributed by atoms with E-state index in [9.17, 15) is 0 Å². The molecule has 0 bridgehead atoms. The van der Waals surface area contributed by atoms with E-state index in [0.717, 1.165) is 47.9 Å². The Morgan fingerprint density at radius 2 is 0.735 bits per heavy atom. The molecule has 1 aromatic carbocycles. The summed E-state index contributed by atoms with van der Waals surface area (Å²) in [7, 11) is 0. The average Bonchev–Trinajstić information content (AvgIpc) is 2.89. The molecule has 6 heteroatoms. The Morgan fingerprint density at radius 3 is 0.971 bits per heavy atom. The summed E-state index contributed by atoms with van der Waals surface area (Å²) < 4.78 is 25.7. The Balaban J connectivity index is 2.44. The summed E-state index contributed by atoms with van der Waals surface area (Å²) in [5, 5.41) is 0. The van der Waals surface area contributed by atoms with E-state index < -0.39 is 0 Å². The molecule has 0 unspecified atom stereocenters. The smallest absolute Gasteiger partial charge is 0.173 e. The first-order chi connectivity index (χ1) is 16.8. The van der Waals surface area contributed by atoms with Crippen molar-refractivity contribution in [3.05, 3.63) is 49.1 Å². The zero-order valence-electron chi connectivity index (χ0n) is 20.8. The third-order valence-electron chi connectivity index (χ3n) is 5.06. The fourth-order valence-electron chi connectivity index (χ4n) is 3.59. The third-order valence-corrected chi connectivity index (χ3v) is 5.06. The van der Waals surface area contributed by atoms with Gasteiger partial charge in [-0.25, -0.2) is 0 Å². The van der Waals surface area contributed by atoms with Crippen LogP contribution in [0.25, 0.3) is 22.3 Å². The number of benzene rings is 1. The molecule has 0 N–H and O–H groups in total. The quantitative estimate of drug-likeness (QED) is 0.257. The minimum absolute atomic E-state index is 0.554. The Labute approximate surface area is 203 Å². The predicted octanol–water partition coefficient (Wildman–Crippen LogP) is 6.97. The molecular weight excluding hydrogens is 428 g/mol. The van der Waals surface area contributed by atoms with Crippen LogP contribution in [-0.2, 0) is 0 Å². The van der Waals surface area contributed by atoms with E-state index in [-0.39, 0.29) is 0 Å². The summed E-state index contributed by atoms with van der Waals surface area (Å²) in [6.07, 6.45) is 10.6. The van der Waals surface area contributed by atoms with Crippen LogP contribution >= 0.6 is 0 Å². The average molecular weight is 465 g/mol. The zero-order chi connectivity index (χ0) is 24.2. The van der Waals surface area contributed by atoms with Gasteiger partial charge in [0.15, 0.2) is 23.0 Å². The number of ether oxygens (including phenoxy) is 4. The van der Waals surface area contributed by atoms with E-state index in [4.69, 9.17) is 18.9 Å². The molecule has 2 heterocycles. The van der Waals surface area contributed by atoms with Crippen LogP contribution in [-0.4, -0.2) is 36.4 Å². The lowest BCUT2D eigenvalue weighted by Crippen LogP contribution is -2.10. The molecule has 182 valence electrons. The van der Waals surface area contributed by atoms with Crippen molar-refractivity contribution in [3.8, 4) is 45.3 Å². The fourth-order valence-corrected chi connectivity index (χ4v) is 3.59. The van der Waals surface area contributed by atoms with E-state index in [1.54, 1.807) is 24.8 Å². The molecule has 0 radical (unpaired) electrons. The number of rotatable bonds is 14. The van der Waals surface area contributed by atoms with Crippen molar-refractivity contribution in [2.24, 2.45) is 0 Å². The first-order valence-corrected chi connectivity index (χ1v) is 12.3. The lowest BCUT2D eigenvalue weighted by Gasteiger charge is -2.26. The number of aromatic nitrogens is 2. The molecule has 3 aromatic rings. The second kappa shape index (κ2) is 13.4. The molecule has 0 aliphatic heterocycles. The third kappa shape index (κ3) is 5.99. The molecule has 0 aliphatic carbocycles. The highest BCUT2D eigenvalue weighted by Gasteiger charge is 2.30. The molecular formula is C28H36N2O4. The summed E-state index contributed by atoms with van der Waals surface area (Å²) >= 11 is 0. The van der Waals surface area contributed by atoms with E-state index in [2.05, 4.69) is 37.7 Å². The zero-order valence-corrected chi connectivity index (χ0v) is 20.8. The maximum absolute atomic E-state index is 6.41. The molecule has 34 heavy (non-hydrogen) atoms. The second-order valence-electron chi connectivity index (χ2n) is 7.93. The SMILES string of the molecule is CCCOc1c(OCCC)c(-c2ccncc2)c(OCCC)c(OCCC)c1-c1ccncc1. The van der Waals surface area contributed by atoms with Crippen LogP contribution in [0.5, 0.6) is 23.0 Å². The van der Waals surface area contributed by atoms with Crippen LogP contribution in [0.3, 0.4) is 0 Å². The summed E-state index contributed by atoms with van der Waals surface area (Å²) in [6.45, 7) is 10.6. The lowest BCUT2D eigenvalue weighted by molar-refractivity contribution is 0.251. The van der Waals surface area contributed by atoms with Crippen LogP contribution in [0.2, 0.25) is 0 Å². The van der Waals surface area contributed by atoms with E-state index in [1.807, 2.05) is 24.3 Å². The van der Waals surface area contributed by atoms with Gasteiger partial charge in [-0.05, 0) is 61.1 Å². The van der Waals surface area contributed by atoms with E-state index in [0.29, 0.717) is 49.4 Å². The van der Waals surface area contributed by atoms with E-state index in [1.165, 1.54) is 0 Å². The van der Waals surface area contributed by atoms with Gasteiger partial charge in [-0.3, -0.25) is 9.97 Å². The molecule has 0 saturated carbocycles. The van der Waals surface area contributed by atoms with Gasteiger partial charge in [-0.1, -0.05) is 27.7 Å². The Kier molecular flexibility index (Phi) is 10.0. The van der Waals surface area contributed by atoms with E-state index >= 15 is 0 Å². The maximum Gasteiger partial charge on any atom is 0.173 e. The van der Waals surface area contributed by atoms with Crippen LogP contribution in [0, 0.1) is 0 Å². The molecule has 0 saturated heterocycles. The Bertz CT molecular complexity index is 886. The molecule has 0 spiro atoms. The number of hydrogen-bond donors (Lipinski definition) is 0. The van der Waals surface area contributed by atoms with Gasteiger partial charge in [-0.15, -0.1) is 0 Å². The molecule has 3 rings (SSSR count). The molecule has 6 nitrogen and oxygen atoms in total. The van der Waals surface area contributed by atoms with Gasteiger partial charge in [0, 0.05) is 24.8 Å². The van der Waals surface area contributed by atoms with Gasteiger partial charge in [0.2, 0.25) is 0 Å². The predicted molar refractivity (Wildman–Crippen MR) is 136 cm³/mol. The van der Waals surface area contributed by atoms with Crippen molar-refractivity contribution in [1.82, 2.24) is 9.97 Å². The van der Waals surface area contributed by atoms with Gasteiger partial charge in [0.1, 0.15) is 0 Å². The van der Waals surface area contributed by atoms with Crippen LogP contribution in [0.1, 0.15) is 53.4 Å². The van der Waals surface area contributed by atoms with Crippen molar-refractivity contribution < 1.29 is 18.9 Å². The fraction of sp³-hybridized carbons (Fsp3) is 0.429. The standard InChI is InChI=1S/C28H36N2O4/c1-5-17-31-25-23(21-9-13-29-14-10-21)27(33-19-7-3)28(34-20-8-4)24(26(25)32-18-6-2)22-11-15-30-16-12-22/h9-16H,5-8,17-20H2,1-4H3. The summed E-state index contributed by atoms with van der Waals surface area (Å²) in [5.41, 5.74) is 3.55. The van der Waals surface area contributed by atoms with Gasteiger partial charge in [-0.2, -0.15) is 0 Å². The number of pyridine rings is 2. The highest BCUT2D eigenvalue weighted by atomic mass is 16.5. The van der Waals surface area contributed by atoms with Crippen molar-refractivity contribution in [1.29, 1.82) is 0 Å². The summed E-state index contributed by atoms with van der Waals surface area (Å²) in [5.74, 6) is 2.68. The minimum atomic E-state index is 0.554. The number of hydrogen-bond acceptors (Lipinski definition) is 6. The second-order valence-corrected chi connectivity index (χ2v) is 7.93. The molecule has 2 aromatic heterocycles. The van der Waals surface area contributed by atoms with Gasteiger partial charge in [0.25, 0.3) is 0 Å². The maximum atomic E-state index is 6.41. The Hall–Kier alpha value is -3.28. The monoisotopic (exact) mass is 464 g/mol. The highest BCUT2D eigenvalue weighted by Crippen LogP contribution is 2.57. The largest absolute Gasteiger partial charge is 0.489 e. The van der Waals surface area contributed by atoms with Crippen molar-refractivity contribution in [2.45, 2.75) is 53.4 Å². The van der Waals surface area contributed by atoms with Gasteiger partial charge in [0.05, 0.1) is 37.6 Å². The molecule has 0 atom stereocenters. The molecule has 0 fully saturated rings. The van der Waals surface area contributed by atoms with Crippen LogP contribution in [0.15, 0.2) is 49.1 Å². The van der Waals surface area contributed by atoms with Gasteiger partial charge >= 0.3 is 0 Å². The lowest BCUT2D eigenvalue weighted by atomic mass is 9.95.